The predicted molar refractivity (Wildman–Crippen MR) is 101 cm³/mol. The zero-order valence-corrected chi connectivity index (χ0v) is 15.0. The largest absolute Gasteiger partial charge is 0.349 e. The van der Waals surface area contributed by atoms with Gasteiger partial charge in [-0.05, 0) is 62.1 Å². The van der Waals surface area contributed by atoms with Crippen molar-refractivity contribution in [3.63, 3.8) is 0 Å². The highest BCUT2D eigenvalue weighted by Crippen LogP contribution is 2.30. The van der Waals surface area contributed by atoms with Crippen molar-refractivity contribution in [2.75, 3.05) is 0 Å². The number of H-pyrrole nitrogens is 1. The van der Waals surface area contributed by atoms with Gasteiger partial charge in [-0.15, -0.1) is 0 Å². The van der Waals surface area contributed by atoms with Crippen molar-refractivity contribution >= 4 is 11.0 Å². The molecule has 0 radical (unpaired) electrons. The Labute approximate surface area is 149 Å². The Morgan fingerprint density at radius 3 is 2.23 bits per heavy atom. The number of aryl methyl sites for hydroxylation is 4. The van der Waals surface area contributed by atoms with E-state index in [0.717, 1.165) is 33.5 Å². The monoisotopic (exact) mass is 346 g/mol. The van der Waals surface area contributed by atoms with Gasteiger partial charge in [0.25, 0.3) is 5.56 Å². The lowest BCUT2D eigenvalue weighted by molar-refractivity contribution is 0.927. The van der Waals surface area contributed by atoms with Gasteiger partial charge in [-0.1, -0.05) is 18.2 Å². The summed E-state index contributed by atoms with van der Waals surface area (Å²) < 4.78 is 1.88. The summed E-state index contributed by atoms with van der Waals surface area (Å²) in [5.41, 5.74) is 5.60. The molecule has 0 saturated heterocycles. The average molecular weight is 346 g/mol. The van der Waals surface area contributed by atoms with Crippen LogP contribution in [-0.2, 0) is 0 Å². The fraction of sp³-hybridized carbons (Fsp3) is 0.200. The molecule has 2 aliphatic rings. The third-order valence-corrected chi connectivity index (χ3v) is 4.79. The van der Waals surface area contributed by atoms with Crippen LogP contribution in [0.25, 0.3) is 28.2 Å². The average Bonchev–Trinajstić information content (AvgIpc) is 2.56. The van der Waals surface area contributed by atoms with Crippen LogP contribution in [-0.4, -0.2) is 19.5 Å². The summed E-state index contributed by atoms with van der Waals surface area (Å²) in [6.07, 6.45) is 0. The Kier molecular flexibility index (Phi) is 3.50. The van der Waals surface area contributed by atoms with Gasteiger partial charge in [0, 0.05) is 0 Å². The maximum Gasteiger partial charge on any atom is 0.349 e. The zero-order valence-electron chi connectivity index (χ0n) is 15.0. The fourth-order valence-corrected chi connectivity index (χ4v) is 3.37. The first kappa shape index (κ1) is 16.2. The van der Waals surface area contributed by atoms with Crippen molar-refractivity contribution in [3.8, 4) is 17.2 Å². The summed E-state index contributed by atoms with van der Waals surface area (Å²) >= 11 is 0. The Morgan fingerprint density at radius 2 is 1.54 bits per heavy atom. The Hall–Kier alpha value is -3.28. The number of fused-ring (bicyclic) bond motifs is 2. The molecule has 1 N–H and O–H groups in total. The van der Waals surface area contributed by atoms with E-state index in [1.54, 1.807) is 0 Å². The highest BCUT2D eigenvalue weighted by atomic mass is 16.2. The van der Waals surface area contributed by atoms with Crippen molar-refractivity contribution in [3.05, 3.63) is 73.4 Å². The first-order valence-corrected chi connectivity index (χ1v) is 8.37. The molecule has 0 aliphatic carbocycles. The predicted octanol–water partition coefficient (Wildman–Crippen LogP) is 2.81. The van der Waals surface area contributed by atoms with Crippen LogP contribution in [0.3, 0.4) is 0 Å². The summed E-state index contributed by atoms with van der Waals surface area (Å²) in [6.45, 7) is 8.03. The fourth-order valence-electron chi connectivity index (χ4n) is 3.37. The minimum atomic E-state index is -0.674. The molecule has 0 saturated carbocycles. The maximum atomic E-state index is 12.4. The van der Waals surface area contributed by atoms with Crippen LogP contribution < -0.4 is 11.2 Å². The second kappa shape index (κ2) is 5.62. The summed E-state index contributed by atoms with van der Waals surface area (Å²) in [5, 5.41) is 0. The number of nitrogens with one attached hydrogen (secondary N) is 1. The lowest BCUT2D eigenvalue weighted by atomic mass is 10.1. The van der Waals surface area contributed by atoms with E-state index in [9.17, 15) is 9.59 Å². The maximum absolute atomic E-state index is 12.4. The summed E-state index contributed by atoms with van der Waals surface area (Å²) in [7, 11) is 0. The Bertz CT molecular complexity index is 1250. The number of para-hydroxylation sites is 1. The number of aromatic nitrogens is 4. The smallest absolute Gasteiger partial charge is 0.290 e. The molecule has 2 aromatic carbocycles. The van der Waals surface area contributed by atoms with Crippen LogP contribution in [0.2, 0.25) is 0 Å². The zero-order chi connectivity index (χ0) is 18.6. The minimum Gasteiger partial charge on any atom is -0.290 e. The number of aromatic amines is 1. The van der Waals surface area contributed by atoms with Gasteiger partial charge in [-0.3, -0.25) is 14.3 Å². The van der Waals surface area contributed by atoms with Crippen molar-refractivity contribution in [1.29, 1.82) is 0 Å². The number of nitrogens with zero attached hydrogens (tertiary/aromatic N) is 3. The quantitative estimate of drug-likeness (QED) is 0.537. The highest BCUT2D eigenvalue weighted by molar-refractivity contribution is 5.84. The van der Waals surface area contributed by atoms with E-state index >= 15 is 0 Å². The molecule has 0 fully saturated rings. The van der Waals surface area contributed by atoms with E-state index in [2.05, 4.69) is 15.0 Å². The number of rotatable bonds is 1. The van der Waals surface area contributed by atoms with E-state index in [0.29, 0.717) is 5.52 Å². The summed E-state index contributed by atoms with van der Waals surface area (Å²) in [4.78, 5) is 35.1. The van der Waals surface area contributed by atoms with Gasteiger partial charge in [0.05, 0.1) is 16.7 Å². The normalized spacial score (nSPS) is 11.4. The second-order valence-corrected chi connectivity index (χ2v) is 6.66. The molecule has 130 valence electrons. The molecule has 0 atom stereocenters. The van der Waals surface area contributed by atoms with Gasteiger partial charge in [0.15, 0.2) is 11.5 Å². The van der Waals surface area contributed by atoms with Crippen LogP contribution in [0.1, 0.15) is 22.3 Å². The first-order valence-electron chi connectivity index (χ1n) is 8.37. The lowest BCUT2D eigenvalue weighted by Gasteiger charge is -2.21. The Morgan fingerprint density at radius 1 is 0.885 bits per heavy atom. The molecule has 0 amide bonds. The number of benzene rings is 2. The van der Waals surface area contributed by atoms with Crippen LogP contribution in [0.4, 0.5) is 0 Å². The molecule has 26 heavy (non-hydrogen) atoms. The van der Waals surface area contributed by atoms with Crippen LogP contribution in [0, 0.1) is 27.7 Å². The molecule has 2 aliphatic heterocycles. The molecule has 6 nitrogen and oxygen atoms in total. The SMILES string of the molecule is Cc1cc2nc3c(=O)[nH]c(=O)nc-3n(-c3c(C)cccc3C)c2cc1C. The third kappa shape index (κ3) is 2.34. The molecule has 6 heteroatoms. The van der Waals surface area contributed by atoms with Crippen LogP contribution in [0.5, 0.6) is 0 Å². The van der Waals surface area contributed by atoms with E-state index in [-0.39, 0.29) is 11.5 Å². The summed E-state index contributed by atoms with van der Waals surface area (Å²) in [6, 6.07) is 9.96. The first-order chi connectivity index (χ1) is 12.4. The van der Waals surface area contributed by atoms with Gasteiger partial charge in [-0.2, -0.15) is 4.98 Å². The molecule has 0 bridgehead atoms. The van der Waals surface area contributed by atoms with E-state index in [1.807, 2.05) is 62.6 Å². The molecule has 2 aromatic rings. The van der Waals surface area contributed by atoms with Gasteiger partial charge in [-0.25, -0.2) is 9.78 Å². The van der Waals surface area contributed by atoms with Crippen molar-refractivity contribution in [2.45, 2.75) is 27.7 Å². The van der Waals surface area contributed by atoms with E-state index in [1.165, 1.54) is 0 Å². The van der Waals surface area contributed by atoms with Gasteiger partial charge in [0.1, 0.15) is 0 Å². The number of hydrogen-bond donors (Lipinski definition) is 1. The molecule has 2 heterocycles. The van der Waals surface area contributed by atoms with Crippen molar-refractivity contribution in [2.24, 2.45) is 0 Å². The van der Waals surface area contributed by atoms with Gasteiger partial charge >= 0.3 is 5.69 Å². The molecule has 0 unspecified atom stereocenters. The third-order valence-electron chi connectivity index (χ3n) is 4.79. The van der Waals surface area contributed by atoms with Gasteiger partial charge < -0.3 is 0 Å². The van der Waals surface area contributed by atoms with E-state index in [4.69, 9.17) is 0 Å². The highest BCUT2D eigenvalue weighted by Gasteiger charge is 2.21. The Balaban J connectivity index is 2.33. The molecule has 4 rings (SSSR count). The minimum absolute atomic E-state index is 0.156. The standard InChI is InChI=1S/C20H18N4O2/c1-10-6-5-7-11(2)17(10)24-15-9-13(4)12(3)8-14(15)21-16-18(24)22-20(26)23-19(16)25/h5-9H,1-4H3,(H,23,25,26). The topological polar surface area (TPSA) is 80.6 Å². The van der Waals surface area contributed by atoms with Crippen molar-refractivity contribution < 1.29 is 0 Å². The number of hydrogen-bond acceptors (Lipinski definition) is 4. The van der Waals surface area contributed by atoms with Crippen molar-refractivity contribution in [1.82, 2.24) is 19.5 Å². The van der Waals surface area contributed by atoms with Crippen LogP contribution >= 0.6 is 0 Å². The van der Waals surface area contributed by atoms with E-state index < -0.39 is 11.2 Å². The molecular weight excluding hydrogens is 328 g/mol. The molecular formula is C20H18N4O2. The molecule has 0 aromatic heterocycles. The second-order valence-electron chi connectivity index (χ2n) is 6.66. The van der Waals surface area contributed by atoms with Gasteiger partial charge in [0.2, 0.25) is 0 Å². The molecule has 0 spiro atoms. The van der Waals surface area contributed by atoms with Crippen LogP contribution in [0.15, 0.2) is 39.9 Å². The lowest BCUT2D eigenvalue weighted by Crippen LogP contribution is -2.28. The summed E-state index contributed by atoms with van der Waals surface area (Å²) in [5.74, 6) is 0.270.